The van der Waals surface area contributed by atoms with E-state index in [1.165, 1.54) is 0 Å². The fourth-order valence-corrected chi connectivity index (χ4v) is 4.93. The van der Waals surface area contributed by atoms with Crippen LogP contribution < -0.4 is 9.64 Å². The average molecular weight is 493 g/mol. The van der Waals surface area contributed by atoms with Crippen molar-refractivity contribution in [2.75, 3.05) is 4.90 Å². The lowest BCUT2D eigenvalue weighted by Crippen LogP contribution is -2.11. The number of para-hydroxylation sites is 2. The summed E-state index contributed by atoms with van der Waals surface area (Å²) in [5.41, 5.74) is 9.39. The van der Waals surface area contributed by atoms with E-state index in [-0.39, 0.29) is 0 Å². The van der Waals surface area contributed by atoms with Gasteiger partial charge in [0.25, 0.3) is 0 Å². The van der Waals surface area contributed by atoms with Gasteiger partial charge in [0.1, 0.15) is 12.4 Å². The van der Waals surface area contributed by atoms with E-state index in [1.807, 2.05) is 71.7 Å². The third kappa shape index (κ3) is 4.00. The number of ether oxygens (including phenoxy) is 1. The van der Waals surface area contributed by atoms with Crippen LogP contribution in [0.1, 0.15) is 5.56 Å². The van der Waals surface area contributed by atoms with Gasteiger partial charge in [-0.05, 0) is 54.1 Å². The molecule has 0 aliphatic carbocycles. The van der Waals surface area contributed by atoms with E-state index in [9.17, 15) is 0 Å². The predicted octanol–water partition coefficient (Wildman–Crippen LogP) is 7.96. The van der Waals surface area contributed by atoms with Crippen LogP contribution in [0.4, 0.5) is 17.1 Å². The molecule has 182 valence electrons. The van der Waals surface area contributed by atoms with Crippen LogP contribution in [0.2, 0.25) is 0 Å². The van der Waals surface area contributed by atoms with Crippen LogP contribution in [-0.4, -0.2) is 14.8 Å². The van der Waals surface area contributed by atoms with Gasteiger partial charge in [-0.15, -0.1) is 0 Å². The van der Waals surface area contributed by atoms with Crippen molar-refractivity contribution in [2.24, 2.45) is 0 Å². The van der Waals surface area contributed by atoms with Gasteiger partial charge in [0.2, 0.25) is 0 Å². The number of benzene rings is 4. The van der Waals surface area contributed by atoms with E-state index in [0.29, 0.717) is 6.61 Å². The Balaban J connectivity index is 1.37. The first-order valence-corrected chi connectivity index (χ1v) is 12.6. The van der Waals surface area contributed by atoms with Gasteiger partial charge in [-0.25, -0.2) is 4.68 Å². The molecular weight excluding hydrogens is 468 g/mol. The Morgan fingerprint density at radius 3 is 2.37 bits per heavy atom. The monoisotopic (exact) mass is 492 g/mol. The molecule has 7 rings (SSSR count). The number of hydrogen-bond acceptors (Lipinski definition) is 4. The van der Waals surface area contributed by atoms with Crippen molar-refractivity contribution in [3.8, 4) is 33.8 Å². The summed E-state index contributed by atoms with van der Waals surface area (Å²) >= 11 is 0. The number of fused-ring (bicyclic) bond motifs is 2. The molecule has 0 radical (unpaired) electrons. The van der Waals surface area contributed by atoms with E-state index in [1.54, 1.807) is 0 Å². The number of hydrogen-bond donors (Lipinski definition) is 0. The molecule has 4 aromatic carbocycles. The van der Waals surface area contributed by atoms with Crippen molar-refractivity contribution in [3.05, 3.63) is 139 Å². The average Bonchev–Trinajstić information content (AvgIpc) is 3.42. The van der Waals surface area contributed by atoms with Gasteiger partial charge in [0.05, 0.1) is 29.0 Å². The Labute approximate surface area is 221 Å². The summed E-state index contributed by atoms with van der Waals surface area (Å²) in [5, 5.41) is 4.69. The molecule has 0 spiro atoms. The second-order valence-electron chi connectivity index (χ2n) is 9.21. The summed E-state index contributed by atoms with van der Waals surface area (Å²) in [7, 11) is 0. The maximum Gasteiger partial charge on any atom is 0.143 e. The maximum absolute atomic E-state index is 6.27. The van der Waals surface area contributed by atoms with Gasteiger partial charge < -0.3 is 9.64 Å². The second-order valence-corrected chi connectivity index (χ2v) is 9.21. The van der Waals surface area contributed by atoms with Crippen molar-refractivity contribution in [3.63, 3.8) is 0 Å². The smallest absolute Gasteiger partial charge is 0.143 e. The third-order valence-corrected chi connectivity index (χ3v) is 6.82. The normalized spacial score (nSPS) is 12.3. The number of aromatic nitrogens is 3. The summed E-state index contributed by atoms with van der Waals surface area (Å²) in [6.45, 7) is 0.484. The van der Waals surface area contributed by atoms with Gasteiger partial charge in [0.15, 0.2) is 0 Å². The highest BCUT2D eigenvalue weighted by Gasteiger charge is 2.24. The SMILES string of the molecule is c1ccc(-c2cnn(-c3ccc4c(c3)N(c3cccc(-c5ccccn5)c3)c3ccccc3OC4)c2)cc1. The van der Waals surface area contributed by atoms with Crippen molar-refractivity contribution in [1.82, 2.24) is 14.8 Å². The Bertz CT molecular complexity index is 1730. The van der Waals surface area contributed by atoms with E-state index >= 15 is 0 Å². The molecule has 0 bridgehead atoms. The molecule has 0 N–H and O–H groups in total. The lowest BCUT2D eigenvalue weighted by Gasteiger charge is -2.27. The molecular formula is C33H24N4O. The Hall–Kier alpha value is -5.16. The van der Waals surface area contributed by atoms with Crippen LogP contribution in [0.5, 0.6) is 5.75 Å². The minimum Gasteiger partial charge on any atom is -0.487 e. The van der Waals surface area contributed by atoms with Crippen molar-refractivity contribution in [1.29, 1.82) is 0 Å². The number of pyridine rings is 1. The molecule has 0 saturated carbocycles. The number of rotatable bonds is 4. The summed E-state index contributed by atoms with van der Waals surface area (Å²) in [6.07, 6.45) is 5.81. The first-order chi connectivity index (χ1) is 18.8. The highest BCUT2D eigenvalue weighted by molar-refractivity contribution is 5.85. The molecule has 38 heavy (non-hydrogen) atoms. The maximum atomic E-state index is 6.27. The van der Waals surface area contributed by atoms with Crippen LogP contribution in [0, 0.1) is 0 Å². The van der Waals surface area contributed by atoms with Crippen LogP contribution in [0.3, 0.4) is 0 Å². The first-order valence-electron chi connectivity index (χ1n) is 12.6. The molecule has 5 heteroatoms. The van der Waals surface area contributed by atoms with Crippen LogP contribution in [0.25, 0.3) is 28.1 Å². The van der Waals surface area contributed by atoms with Crippen molar-refractivity contribution >= 4 is 17.1 Å². The molecule has 0 atom stereocenters. The van der Waals surface area contributed by atoms with Crippen molar-refractivity contribution in [2.45, 2.75) is 6.61 Å². The van der Waals surface area contributed by atoms with Gasteiger partial charge in [0, 0.05) is 34.8 Å². The standard InChI is InChI=1S/C33H24N4O/c1-2-9-24(10-3-1)27-21-35-36(22-27)28-17-16-26-23-38-33-15-5-4-14-31(33)37(32(26)20-28)29-12-8-11-25(19-29)30-13-6-7-18-34-30/h1-22H,23H2. The minimum absolute atomic E-state index is 0.484. The molecule has 1 aliphatic heterocycles. The summed E-state index contributed by atoms with van der Waals surface area (Å²) < 4.78 is 8.21. The Kier molecular flexibility index (Phi) is 5.44. The zero-order valence-corrected chi connectivity index (χ0v) is 20.6. The fourth-order valence-electron chi connectivity index (χ4n) is 4.93. The topological polar surface area (TPSA) is 43.2 Å². The molecule has 0 fully saturated rings. The van der Waals surface area contributed by atoms with E-state index in [4.69, 9.17) is 4.74 Å². The second kappa shape index (κ2) is 9.37. The first kappa shape index (κ1) is 22.1. The molecule has 0 amide bonds. The Morgan fingerprint density at radius 2 is 1.47 bits per heavy atom. The molecule has 6 aromatic rings. The molecule has 0 saturated heterocycles. The molecule has 3 heterocycles. The summed E-state index contributed by atoms with van der Waals surface area (Å²) in [6, 6.07) is 39.4. The lowest BCUT2D eigenvalue weighted by atomic mass is 10.1. The zero-order valence-electron chi connectivity index (χ0n) is 20.6. The van der Waals surface area contributed by atoms with Crippen molar-refractivity contribution < 1.29 is 4.74 Å². The van der Waals surface area contributed by atoms with Crippen LogP contribution in [0.15, 0.2) is 134 Å². The highest BCUT2D eigenvalue weighted by Crippen LogP contribution is 2.45. The largest absolute Gasteiger partial charge is 0.487 e. The van der Waals surface area contributed by atoms with E-state index in [2.05, 4.69) is 81.8 Å². The molecule has 5 nitrogen and oxygen atoms in total. The third-order valence-electron chi connectivity index (χ3n) is 6.82. The minimum atomic E-state index is 0.484. The summed E-state index contributed by atoms with van der Waals surface area (Å²) in [4.78, 5) is 6.84. The highest BCUT2D eigenvalue weighted by atomic mass is 16.5. The van der Waals surface area contributed by atoms with Gasteiger partial charge in [-0.2, -0.15) is 5.10 Å². The quantitative estimate of drug-likeness (QED) is 0.250. The van der Waals surface area contributed by atoms with Gasteiger partial charge in [-0.1, -0.05) is 66.7 Å². The lowest BCUT2D eigenvalue weighted by molar-refractivity contribution is 0.310. The number of anilines is 3. The zero-order chi connectivity index (χ0) is 25.3. The Morgan fingerprint density at radius 1 is 0.632 bits per heavy atom. The van der Waals surface area contributed by atoms with Crippen LogP contribution >= 0.6 is 0 Å². The number of nitrogens with zero attached hydrogens (tertiary/aromatic N) is 4. The molecule has 1 aliphatic rings. The summed E-state index contributed by atoms with van der Waals surface area (Å²) in [5.74, 6) is 0.846. The van der Waals surface area contributed by atoms with E-state index < -0.39 is 0 Å². The van der Waals surface area contributed by atoms with E-state index in [0.717, 1.165) is 56.4 Å². The molecule has 0 unspecified atom stereocenters. The van der Waals surface area contributed by atoms with Gasteiger partial charge >= 0.3 is 0 Å². The van der Waals surface area contributed by atoms with Crippen LogP contribution in [-0.2, 0) is 6.61 Å². The molecule has 2 aromatic heterocycles. The van der Waals surface area contributed by atoms with Gasteiger partial charge in [-0.3, -0.25) is 4.98 Å². The predicted molar refractivity (Wildman–Crippen MR) is 151 cm³/mol. The fraction of sp³-hybridized carbons (Fsp3) is 0.0303.